The smallest absolute Gasteiger partial charge is 0.273 e. The van der Waals surface area contributed by atoms with E-state index < -0.39 is 0 Å². The molecule has 2 aromatic rings. The number of anilines is 1. The Hall–Kier alpha value is -1.95. The first-order chi connectivity index (χ1) is 9.15. The topological polar surface area (TPSA) is 65.1 Å². The normalized spacial score (nSPS) is 19.5. The fourth-order valence-electron chi connectivity index (χ4n) is 2.52. The monoisotopic (exact) mass is 259 g/mol. The van der Waals surface area contributed by atoms with Crippen LogP contribution in [0.5, 0.6) is 0 Å². The zero-order valence-electron chi connectivity index (χ0n) is 11.1. The highest BCUT2D eigenvalue weighted by Crippen LogP contribution is 2.22. The van der Waals surface area contributed by atoms with Crippen LogP contribution in [0.4, 0.5) is 5.82 Å². The third-order valence-electron chi connectivity index (χ3n) is 3.75. The molecular formula is C13H17N5O. The van der Waals surface area contributed by atoms with E-state index >= 15 is 0 Å². The Morgan fingerprint density at radius 1 is 1.42 bits per heavy atom. The summed E-state index contributed by atoms with van der Waals surface area (Å²) < 4.78 is 0. The fraction of sp³-hybridized carbons (Fsp3) is 0.462. The van der Waals surface area contributed by atoms with Crippen molar-refractivity contribution < 1.29 is 0 Å². The molecular weight excluding hydrogens is 242 g/mol. The largest absolute Gasteiger partial charge is 0.355 e. The van der Waals surface area contributed by atoms with Gasteiger partial charge < -0.3 is 9.80 Å². The number of nitrogens with zero attached hydrogens (tertiary/aromatic N) is 4. The molecule has 19 heavy (non-hydrogen) atoms. The van der Waals surface area contributed by atoms with E-state index in [1.807, 2.05) is 6.07 Å². The summed E-state index contributed by atoms with van der Waals surface area (Å²) in [7, 11) is 4.21. The Bertz CT molecular complexity index is 651. The Labute approximate surface area is 111 Å². The number of aromatic nitrogens is 3. The van der Waals surface area contributed by atoms with E-state index in [0.717, 1.165) is 30.7 Å². The van der Waals surface area contributed by atoms with Gasteiger partial charge in [0.15, 0.2) is 0 Å². The second kappa shape index (κ2) is 4.62. The Balaban J connectivity index is 1.92. The lowest BCUT2D eigenvalue weighted by Gasteiger charge is -2.21. The minimum Gasteiger partial charge on any atom is -0.355 e. The van der Waals surface area contributed by atoms with E-state index in [-0.39, 0.29) is 5.56 Å². The average molecular weight is 259 g/mol. The summed E-state index contributed by atoms with van der Waals surface area (Å²) in [6.07, 6.45) is 4.44. The molecule has 0 aliphatic carbocycles. The molecule has 100 valence electrons. The van der Waals surface area contributed by atoms with Crippen molar-refractivity contribution in [1.82, 2.24) is 20.1 Å². The van der Waals surface area contributed by atoms with Crippen molar-refractivity contribution in [3.8, 4) is 0 Å². The third-order valence-corrected chi connectivity index (χ3v) is 3.75. The molecule has 0 saturated carbocycles. The van der Waals surface area contributed by atoms with Gasteiger partial charge in [0.1, 0.15) is 5.82 Å². The minimum absolute atomic E-state index is 0.191. The molecule has 1 unspecified atom stereocenters. The molecule has 0 bridgehead atoms. The number of hydrogen-bond acceptors (Lipinski definition) is 5. The number of fused-ring (bicyclic) bond motifs is 1. The van der Waals surface area contributed by atoms with Gasteiger partial charge in [-0.2, -0.15) is 5.10 Å². The molecule has 0 radical (unpaired) electrons. The molecule has 3 heterocycles. The van der Waals surface area contributed by atoms with Gasteiger partial charge in [-0.05, 0) is 26.6 Å². The first-order valence-corrected chi connectivity index (χ1v) is 6.40. The molecule has 1 aliphatic heterocycles. The minimum atomic E-state index is -0.191. The number of pyridine rings is 1. The molecule has 1 atom stereocenters. The summed E-state index contributed by atoms with van der Waals surface area (Å²) in [4.78, 5) is 20.5. The van der Waals surface area contributed by atoms with Crippen LogP contribution in [0.1, 0.15) is 6.42 Å². The van der Waals surface area contributed by atoms with Crippen LogP contribution in [0.25, 0.3) is 10.8 Å². The lowest BCUT2D eigenvalue weighted by Crippen LogP contribution is -2.31. The van der Waals surface area contributed by atoms with Gasteiger partial charge in [0, 0.05) is 30.7 Å². The van der Waals surface area contributed by atoms with Crippen LogP contribution in [0, 0.1) is 0 Å². The van der Waals surface area contributed by atoms with Gasteiger partial charge in [-0.3, -0.25) is 4.79 Å². The molecule has 0 spiro atoms. The van der Waals surface area contributed by atoms with Crippen LogP contribution in [-0.4, -0.2) is 53.3 Å². The highest BCUT2D eigenvalue weighted by molar-refractivity contribution is 5.82. The second-order valence-electron chi connectivity index (χ2n) is 5.18. The highest BCUT2D eigenvalue weighted by atomic mass is 16.1. The Morgan fingerprint density at radius 3 is 3.00 bits per heavy atom. The number of H-pyrrole nitrogens is 1. The molecule has 1 N–H and O–H groups in total. The van der Waals surface area contributed by atoms with E-state index in [2.05, 4.69) is 39.1 Å². The molecule has 6 nitrogen and oxygen atoms in total. The standard InChI is InChI=1S/C13H17N5O/c1-17(2)10-3-4-18(8-10)12-5-9-6-15-16-13(19)11(9)7-14-12/h5-7,10H,3-4,8H2,1-2H3,(H,16,19). The maximum Gasteiger partial charge on any atom is 0.273 e. The van der Waals surface area contributed by atoms with Crippen LogP contribution in [-0.2, 0) is 0 Å². The molecule has 6 heteroatoms. The summed E-state index contributed by atoms with van der Waals surface area (Å²) in [5.74, 6) is 0.921. The van der Waals surface area contributed by atoms with Gasteiger partial charge in [-0.25, -0.2) is 10.1 Å². The zero-order chi connectivity index (χ0) is 13.4. The van der Waals surface area contributed by atoms with E-state index in [1.54, 1.807) is 12.4 Å². The van der Waals surface area contributed by atoms with Crippen molar-refractivity contribution in [3.63, 3.8) is 0 Å². The lowest BCUT2D eigenvalue weighted by atomic mass is 10.2. The molecule has 0 amide bonds. The summed E-state index contributed by atoms with van der Waals surface area (Å²) in [6.45, 7) is 1.97. The van der Waals surface area contributed by atoms with E-state index in [9.17, 15) is 4.79 Å². The predicted octanol–water partition coefficient (Wildman–Crippen LogP) is 0.458. The van der Waals surface area contributed by atoms with Crippen LogP contribution in [0.2, 0.25) is 0 Å². The number of rotatable bonds is 2. The van der Waals surface area contributed by atoms with E-state index in [1.165, 1.54) is 0 Å². The first-order valence-electron chi connectivity index (χ1n) is 6.40. The number of likely N-dealkylation sites (N-methyl/N-ethyl adjacent to an activating group) is 1. The van der Waals surface area contributed by atoms with Gasteiger partial charge >= 0.3 is 0 Å². The lowest BCUT2D eigenvalue weighted by molar-refractivity contribution is 0.315. The Morgan fingerprint density at radius 2 is 2.26 bits per heavy atom. The zero-order valence-corrected chi connectivity index (χ0v) is 11.1. The second-order valence-corrected chi connectivity index (χ2v) is 5.18. The Kier molecular flexibility index (Phi) is 2.94. The maximum atomic E-state index is 11.6. The molecule has 1 aliphatic rings. The molecule has 1 saturated heterocycles. The predicted molar refractivity (Wildman–Crippen MR) is 74.5 cm³/mol. The van der Waals surface area contributed by atoms with Crippen LogP contribution >= 0.6 is 0 Å². The quantitative estimate of drug-likeness (QED) is 0.848. The van der Waals surface area contributed by atoms with Gasteiger partial charge in [0.2, 0.25) is 0 Å². The first kappa shape index (κ1) is 12.1. The number of nitrogens with one attached hydrogen (secondary N) is 1. The van der Waals surface area contributed by atoms with E-state index in [4.69, 9.17) is 0 Å². The molecule has 0 aromatic carbocycles. The van der Waals surface area contributed by atoms with Gasteiger partial charge in [0.05, 0.1) is 11.6 Å². The average Bonchev–Trinajstić information content (AvgIpc) is 2.88. The molecule has 3 rings (SSSR count). The highest BCUT2D eigenvalue weighted by Gasteiger charge is 2.24. The maximum absolute atomic E-state index is 11.6. The summed E-state index contributed by atoms with van der Waals surface area (Å²) in [6, 6.07) is 2.50. The summed E-state index contributed by atoms with van der Waals surface area (Å²) >= 11 is 0. The summed E-state index contributed by atoms with van der Waals surface area (Å²) in [5.41, 5.74) is -0.191. The third kappa shape index (κ3) is 2.19. The van der Waals surface area contributed by atoms with Crippen molar-refractivity contribution in [2.75, 3.05) is 32.1 Å². The SMILES string of the molecule is CN(C)C1CCN(c2cc3cn[nH]c(=O)c3cn2)C1. The van der Waals surface area contributed by atoms with Crippen molar-refractivity contribution in [2.24, 2.45) is 0 Å². The van der Waals surface area contributed by atoms with Gasteiger partial charge in [-0.15, -0.1) is 0 Å². The number of hydrogen-bond donors (Lipinski definition) is 1. The molecule has 2 aromatic heterocycles. The van der Waals surface area contributed by atoms with Crippen LogP contribution < -0.4 is 10.5 Å². The van der Waals surface area contributed by atoms with E-state index in [0.29, 0.717) is 11.4 Å². The summed E-state index contributed by atoms with van der Waals surface area (Å²) in [5, 5.41) is 7.67. The van der Waals surface area contributed by atoms with Crippen molar-refractivity contribution >= 4 is 16.6 Å². The van der Waals surface area contributed by atoms with Crippen molar-refractivity contribution in [1.29, 1.82) is 0 Å². The van der Waals surface area contributed by atoms with Crippen molar-refractivity contribution in [2.45, 2.75) is 12.5 Å². The van der Waals surface area contributed by atoms with Crippen LogP contribution in [0.15, 0.2) is 23.3 Å². The molecule has 1 fully saturated rings. The fourth-order valence-corrected chi connectivity index (χ4v) is 2.52. The van der Waals surface area contributed by atoms with Crippen molar-refractivity contribution in [3.05, 3.63) is 28.8 Å². The van der Waals surface area contributed by atoms with Gasteiger partial charge in [0.25, 0.3) is 5.56 Å². The van der Waals surface area contributed by atoms with Gasteiger partial charge in [-0.1, -0.05) is 0 Å². The number of aromatic amines is 1. The van der Waals surface area contributed by atoms with Crippen LogP contribution in [0.3, 0.4) is 0 Å².